The molecule has 0 aliphatic rings. The summed E-state index contributed by atoms with van der Waals surface area (Å²) in [6, 6.07) is 7.64. The fourth-order valence-corrected chi connectivity index (χ4v) is 2.41. The molecule has 0 atom stereocenters. The lowest BCUT2D eigenvalue weighted by Gasteiger charge is -2.07. The third kappa shape index (κ3) is 4.40. The van der Waals surface area contributed by atoms with E-state index in [1.165, 1.54) is 0 Å². The Morgan fingerprint density at radius 3 is 2.42 bits per heavy atom. The highest BCUT2D eigenvalue weighted by Gasteiger charge is 2.02. The van der Waals surface area contributed by atoms with Crippen molar-refractivity contribution in [3.05, 3.63) is 40.3 Å². The number of hydrogen-bond donors (Lipinski definition) is 0. The smallest absolute Gasteiger partial charge is 0.140 e. The van der Waals surface area contributed by atoms with E-state index >= 15 is 0 Å². The first-order valence-electron chi connectivity index (χ1n) is 6.16. The van der Waals surface area contributed by atoms with Crippen molar-refractivity contribution >= 4 is 22.9 Å². The van der Waals surface area contributed by atoms with Gasteiger partial charge >= 0.3 is 0 Å². The molecule has 0 fully saturated rings. The van der Waals surface area contributed by atoms with Crippen molar-refractivity contribution in [2.75, 3.05) is 6.61 Å². The largest absolute Gasteiger partial charge is 0.494 e. The second-order valence-electron chi connectivity index (χ2n) is 3.97. The summed E-state index contributed by atoms with van der Waals surface area (Å²) in [4.78, 5) is 4.34. The van der Waals surface area contributed by atoms with Crippen molar-refractivity contribution in [1.82, 2.24) is 4.98 Å². The van der Waals surface area contributed by atoms with Crippen molar-refractivity contribution in [3.8, 4) is 11.5 Å². The fraction of sp³-hybridized carbons (Fsp3) is 0.357. The average Bonchev–Trinajstić information content (AvgIpc) is 2.92. The zero-order valence-electron chi connectivity index (χ0n) is 10.8. The van der Waals surface area contributed by atoms with Crippen molar-refractivity contribution < 1.29 is 9.47 Å². The Labute approximate surface area is 122 Å². The number of ether oxygens (including phenoxy) is 2. The molecule has 0 spiro atoms. The molecule has 0 radical (unpaired) electrons. The zero-order chi connectivity index (χ0) is 13.5. The van der Waals surface area contributed by atoms with Crippen LogP contribution in [0, 0.1) is 0 Å². The van der Waals surface area contributed by atoms with Gasteiger partial charge in [0.1, 0.15) is 23.1 Å². The van der Waals surface area contributed by atoms with Crippen molar-refractivity contribution in [2.45, 2.75) is 25.8 Å². The summed E-state index contributed by atoms with van der Waals surface area (Å²) >= 11 is 7.27. The molecule has 3 nitrogen and oxygen atoms in total. The van der Waals surface area contributed by atoms with Crippen molar-refractivity contribution in [3.63, 3.8) is 0 Å². The maximum absolute atomic E-state index is 5.71. The second kappa shape index (κ2) is 7.36. The average molecular weight is 298 g/mol. The van der Waals surface area contributed by atoms with E-state index in [1.807, 2.05) is 29.6 Å². The van der Waals surface area contributed by atoms with Gasteiger partial charge in [0.05, 0.1) is 18.2 Å². The number of alkyl halides is 1. The SMILES string of the molecule is CCCOc1ccc(OCc2nc(CCl)cs2)cc1. The molecule has 0 saturated carbocycles. The molecule has 102 valence electrons. The monoisotopic (exact) mass is 297 g/mol. The number of rotatable bonds is 7. The van der Waals surface area contributed by atoms with Crippen LogP contribution >= 0.6 is 22.9 Å². The van der Waals surface area contributed by atoms with E-state index < -0.39 is 0 Å². The van der Waals surface area contributed by atoms with Gasteiger partial charge in [-0.15, -0.1) is 22.9 Å². The highest BCUT2D eigenvalue weighted by molar-refractivity contribution is 7.09. The minimum Gasteiger partial charge on any atom is -0.494 e. The van der Waals surface area contributed by atoms with Crippen LogP contribution in [0.25, 0.3) is 0 Å². The topological polar surface area (TPSA) is 31.4 Å². The number of nitrogens with zero attached hydrogens (tertiary/aromatic N) is 1. The van der Waals surface area contributed by atoms with Gasteiger partial charge in [0.15, 0.2) is 0 Å². The first-order chi connectivity index (χ1) is 9.31. The molecule has 0 saturated heterocycles. The van der Waals surface area contributed by atoms with Crippen LogP contribution in [0.5, 0.6) is 11.5 Å². The van der Waals surface area contributed by atoms with Gasteiger partial charge in [0.25, 0.3) is 0 Å². The second-order valence-corrected chi connectivity index (χ2v) is 5.18. The van der Waals surface area contributed by atoms with E-state index in [4.69, 9.17) is 21.1 Å². The molecule has 2 aromatic rings. The van der Waals surface area contributed by atoms with E-state index in [1.54, 1.807) is 11.3 Å². The van der Waals surface area contributed by atoms with E-state index in [0.29, 0.717) is 12.5 Å². The quantitative estimate of drug-likeness (QED) is 0.716. The summed E-state index contributed by atoms with van der Waals surface area (Å²) in [6.07, 6.45) is 1.01. The van der Waals surface area contributed by atoms with Gasteiger partial charge in [-0.25, -0.2) is 4.98 Å². The van der Waals surface area contributed by atoms with Gasteiger partial charge < -0.3 is 9.47 Å². The minimum atomic E-state index is 0.444. The highest BCUT2D eigenvalue weighted by atomic mass is 35.5. The number of hydrogen-bond acceptors (Lipinski definition) is 4. The summed E-state index contributed by atoms with van der Waals surface area (Å²) in [6.45, 7) is 3.29. The van der Waals surface area contributed by atoms with Gasteiger partial charge in [-0.05, 0) is 30.7 Å². The van der Waals surface area contributed by atoms with Crippen LogP contribution < -0.4 is 9.47 Å². The van der Waals surface area contributed by atoms with Gasteiger partial charge in [-0.2, -0.15) is 0 Å². The first kappa shape index (κ1) is 14.2. The van der Waals surface area contributed by atoms with Crippen LogP contribution in [0.1, 0.15) is 24.0 Å². The third-order valence-electron chi connectivity index (χ3n) is 2.40. The molecule has 1 aromatic carbocycles. The van der Waals surface area contributed by atoms with Gasteiger partial charge in [0.2, 0.25) is 0 Å². The molecule has 1 aromatic heterocycles. The summed E-state index contributed by atoms with van der Waals surface area (Å²) in [7, 11) is 0. The van der Waals surface area contributed by atoms with Crippen molar-refractivity contribution in [2.24, 2.45) is 0 Å². The lowest BCUT2D eigenvalue weighted by molar-refractivity contribution is 0.300. The highest BCUT2D eigenvalue weighted by Crippen LogP contribution is 2.20. The number of aromatic nitrogens is 1. The van der Waals surface area contributed by atoms with Crippen LogP contribution in [-0.2, 0) is 12.5 Å². The zero-order valence-corrected chi connectivity index (χ0v) is 12.3. The molecule has 1 heterocycles. The predicted octanol–water partition coefficient (Wildman–Crippen LogP) is 4.25. The normalized spacial score (nSPS) is 10.4. The van der Waals surface area contributed by atoms with E-state index in [-0.39, 0.29) is 0 Å². The maximum atomic E-state index is 5.71. The van der Waals surface area contributed by atoms with Gasteiger partial charge in [0, 0.05) is 5.38 Å². The molecule has 19 heavy (non-hydrogen) atoms. The predicted molar refractivity (Wildman–Crippen MR) is 78.2 cm³/mol. The van der Waals surface area contributed by atoms with E-state index in [0.717, 1.165) is 35.2 Å². The number of halogens is 1. The van der Waals surface area contributed by atoms with E-state index in [9.17, 15) is 0 Å². The molecule has 0 amide bonds. The van der Waals surface area contributed by atoms with Gasteiger partial charge in [-0.1, -0.05) is 6.92 Å². The Bertz CT molecular complexity index is 498. The van der Waals surface area contributed by atoms with Crippen molar-refractivity contribution in [1.29, 1.82) is 0 Å². The van der Waals surface area contributed by atoms with Crippen LogP contribution in [0.4, 0.5) is 0 Å². The molecule has 0 aliphatic carbocycles. The molecular formula is C14H16ClNO2S. The lowest BCUT2D eigenvalue weighted by Crippen LogP contribution is -1.97. The minimum absolute atomic E-state index is 0.444. The Balaban J connectivity index is 1.85. The molecule has 0 unspecified atom stereocenters. The maximum Gasteiger partial charge on any atom is 0.140 e. The third-order valence-corrected chi connectivity index (χ3v) is 3.54. The molecule has 5 heteroatoms. The Kier molecular flexibility index (Phi) is 5.48. The molecule has 0 bridgehead atoms. The summed E-state index contributed by atoms with van der Waals surface area (Å²) in [5.74, 6) is 2.12. The van der Waals surface area contributed by atoms with E-state index in [2.05, 4.69) is 11.9 Å². The molecule has 0 N–H and O–H groups in total. The lowest BCUT2D eigenvalue weighted by atomic mass is 10.3. The van der Waals surface area contributed by atoms with Crippen LogP contribution in [0.3, 0.4) is 0 Å². The summed E-state index contributed by atoms with van der Waals surface area (Å²) in [5, 5.41) is 2.88. The number of benzene rings is 1. The first-order valence-corrected chi connectivity index (χ1v) is 7.58. The summed E-state index contributed by atoms with van der Waals surface area (Å²) in [5.41, 5.74) is 0.897. The Hall–Kier alpha value is -1.26. The number of thiazole rings is 1. The summed E-state index contributed by atoms with van der Waals surface area (Å²) < 4.78 is 11.2. The molecule has 0 aliphatic heterocycles. The van der Waals surface area contributed by atoms with Crippen LogP contribution in [0.15, 0.2) is 29.6 Å². The fourth-order valence-electron chi connectivity index (χ4n) is 1.47. The Morgan fingerprint density at radius 1 is 1.16 bits per heavy atom. The Morgan fingerprint density at radius 2 is 1.84 bits per heavy atom. The van der Waals surface area contributed by atoms with Gasteiger partial charge in [-0.3, -0.25) is 0 Å². The van der Waals surface area contributed by atoms with Crippen LogP contribution in [-0.4, -0.2) is 11.6 Å². The molecule has 2 rings (SSSR count). The van der Waals surface area contributed by atoms with Crippen LogP contribution in [0.2, 0.25) is 0 Å². The standard InChI is InChI=1S/C14H16ClNO2S/c1-2-7-17-12-3-5-13(6-4-12)18-9-14-16-11(8-15)10-19-14/h3-6,10H,2,7-9H2,1H3. The molecular weight excluding hydrogens is 282 g/mol.